The number of fused-ring (bicyclic) bond motifs is 3. The van der Waals surface area contributed by atoms with Crippen molar-refractivity contribution >= 4 is 30.0 Å². The zero-order valence-corrected chi connectivity index (χ0v) is 35.0. The van der Waals surface area contributed by atoms with Gasteiger partial charge in [-0.1, -0.05) is 71.7 Å². The van der Waals surface area contributed by atoms with Crippen molar-refractivity contribution < 1.29 is 38.5 Å². The normalized spacial score (nSPS) is 15.7. The van der Waals surface area contributed by atoms with E-state index in [-0.39, 0.29) is 19.5 Å². The van der Waals surface area contributed by atoms with Crippen molar-refractivity contribution in [1.29, 1.82) is 0 Å². The number of pyridine rings is 2. The van der Waals surface area contributed by atoms with E-state index in [1.807, 2.05) is 53.7 Å². The van der Waals surface area contributed by atoms with Gasteiger partial charge in [0, 0.05) is 34.8 Å². The molecule has 0 spiro atoms. The Bertz CT molecular complexity index is 1930. The summed E-state index contributed by atoms with van der Waals surface area (Å²) in [4.78, 5) is 13.5. The predicted molar refractivity (Wildman–Crippen MR) is 202 cm³/mol. The molecule has 1 aliphatic heterocycles. The van der Waals surface area contributed by atoms with Gasteiger partial charge in [0.25, 0.3) is 0 Å². The number of hydrogen-bond donors (Lipinski definition) is 0. The van der Waals surface area contributed by atoms with Gasteiger partial charge in [0.15, 0.2) is 0 Å². The molecule has 0 saturated carbocycles. The van der Waals surface area contributed by atoms with Crippen molar-refractivity contribution in [2.45, 2.75) is 94.3 Å². The second-order valence-corrected chi connectivity index (χ2v) is 14.3. The second kappa shape index (κ2) is 15.6. The fourth-order valence-electron chi connectivity index (χ4n) is 6.36. The van der Waals surface area contributed by atoms with Gasteiger partial charge >= 0.3 is 26.8 Å². The van der Waals surface area contributed by atoms with E-state index >= 15 is 0 Å². The first kappa shape index (κ1) is 39.7. The van der Waals surface area contributed by atoms with Crippen LogP contribution in [0.5, 0.6) is 0 Å². The summed E-state index contributed by atoms with van der Waals surface area (Å²) in [5.41, 5.74) is 13.5. The van der Waals surface area contributed by atoms with E-state index in [4.69, 9.17) is 24.3 Å². The van der Waals surface area contributed by atoms with Crippen LogP contribution in [0.25, 0.3) is 22.3 Å². The summed E-state index contributed by atoms with van der Waals surface area (Å²) in [6.45, 7) is 24.4. The smallest absolute Gasteiger partial charge is 0.661 e. The molecule has 4 aromatic rings. The first-order chi connectivity index (χ1) is 23.5. The topological polar surface area (TPSA) is 103 Å². The Morgan fingerprint density at radius 3 is 1.71 bits per heavy atom. The molecule has 1 aliphatic carbocycles. The summed E-state index contributed by atoms with van der Waals surface area (Å²) in [5.74, 6) is -0.514. The summed E-state index contributed by atoms with van der Waals surface area (Å²) >= 11 is 0. The van der Waals surface area contributed by atoms with Gasteiger partial charge in [-0.25, -0.2) is 0 Å². The zero-order valence-electron chi connectivity index (χ0n) is 32.1. The van der Waals surface area contributed by atoms with Crippen LogP contribution in [0.2, 0.25) is 0 Å². The Labute approximate surface area is 316 Å². The molecule has 260 valence electrons. The molecule has 2 aliphatic rings. The molecule has 2 aromatic carbocycles. The number of aryl methyl sites for hydroxylation is 6. The van der Waals surface area contributed by atoms with Crippen LogP contribution in [0.4, 0.5) is 11.4 Å². The van der Waals surface area contributed by atoms with Crippen molar-refractivity contribution in [1.82, 2.24) is 9.97 Å². The quantitative estimate of drug-likeness (QED) is 0.0979. The Morgan fingerprint density at radius 1 is 0.784 bits per heavy atom. The third kappa shape index (κ3) is 8.69. The van der Waals surface area contributed by atoms with Crippen LogP contribution in [0, 0.1) is 41.5 Å². The fraction of sp³-hybridized carbons (Fsp3) is 0.341. The number of benzene rings is 2. The Kier molecular flexibility index (Phi) is 12.2. The molecule has 2 aromatic heterocycles. The van der Waals surface area contributed by atoms with E-state index in [0.717, 1.165) is 22.8 Å². The van der Waals surface area contributed by atoms with Crippen molar-refractivity contribution in [2.75, 3.05) is 0 Å². The van der Waals surface area contributed by atoms with E-state index < -0.39 is 24.5 Å². The van der Waals surface area contributed by atoms with Crippen molar-refractivity contribution in [3.8, 4) is 11.4 Å². The third-order valence-electron chi connectivity index (χ3n) is 9.28. The third-order valence-corrected chi connectivity index (χ3v) is 9.28. The molecule has 3 heterocycles. The van der Waals surface area contributed by atoms with Crippen molar-refractivity contribution in [3.05, 3.63) is 128 Å². The van der Waals surface area contributed by atoms with Crippen LogP contribution >= 0.6 is 0 Å². The molecule has 0 amide bonds. The van der Waals surface area contributed by atoms with E-state index in [9.17, 15) is 5.11 Å². The van der Waals surface area contributed by atoms with Crippen LogP contribution in [-0.2, 0) is 33.4 Å². The van der Waals surface area contributed by atoms with E-state index in [0.29, 0.717) is 28.1 Å². The molecule has 0 N–H and O–H groups in total. The maximum Gasteiger partial charge on any atom is 2.00 e. The standard InChI is InChI=1S/C23H29N2.C18H19BN2O4.Zn/c1-14-9-16(3)22(17(4)10-14)24-20(7)13-21(8)25-23-18(5)11-15(2)12-19(23)6;1-17(2)18(3,4)25-19(24-17)23-16(22)13-11-7-5-9-20-14(11)15-12(13)8-6-10-21-15;/h9-13H,1-8H3;5-10,22H,1-4H3;/q-1;;+2/p-1/b20-13-,25-21?;;. The van der Waals surface area contributed by atoms with Crippen LogP contribution in [0.3, 0.4) is 0 Å². The number of hydrogen-bond acceptors (Lipinski definition) is 7. The van der Waals surface area contributed by atoms with Crippen LogP contribution in [0.15, 0.2) is 83.6 Å². The molecular formula is C41H47BN4O4Zn. The number of allylic oxidation sites excluding steroid dienone is 2. The van der Waals surface area contributed by atoms with Crippen LogP contribution in [-0.4, -0.2) is 34.2 Å². The summed E-state index contributed by atoms with van der Waals surface area (Å²) < 4.78 is 17.0. The Morgan fingerprint density at radius 2 is 1.24 bits per heavy atom. The van der Waals surface area contributed by atoms with Crippen LogP contribution < -0.4 is 5.11 Å². The number of rotatable bonds is 6. The van der Waals surface area contributed by atoms with Crippen molar-refractivity contribution in [3.63, 3.8) is 0 Å². The number of nitrogens with zero attached hydrogens (tertiary/aromatic N) is 4. The predicted octanol–water partition coefficient (Wildman–Crippen LogP) is 9.38. The van der Waals surface area contributed by atoms with Gasteiger partial charge in [-0.05, 0) is 99.4 Å². The van der Waals surface area contributed by atoms with Gasteiger partial charge in [-0.15, -0.1) is 5.69 Å². The molecule has 1 saturated heterocycles. The van der Waals surface area contributed by atoms with Gasteiger partial charge in [0.2, 0.25) is 0 Å². The molecule has 0 radical (unpaired) electrons. The summed E-state index contributed by atoms with van der Waals surface area (Å²) in [6, 6.07) is 16.0. The fourth-order valence-corrected chi connectivity index (χ4v) is 6.36. The molecule has 6 rings (SSSR count). The van der Waals surface area contributed by atoms with Crippen molar-refractivity contribution in [2.24, 2.45) is 4.99 Å². The zero-order chi connectivity index (χ0) is 36.5. The average molecular weight is 736 g/mol. The summed E-state index contributed by atoms with van der Waals surface area (Å²) in [7, 11) is -1.05. The van der Waals surface area contributed by atoms with E-state index in [1.54, 1.807) is 24.5 Å². The minimum atomic E-state index is -1.05. The molecule has 8 nitrogen and oxygen atoms in total. The monoisotopic (exact) mass is 734 g/mol. The van der Waals surface area contributed by atoms with Gasteiger partial charge < -0.3 is 24.4 Å². The average Bonchev–Trinajstić information content (AvgIpc) is 3.45. The first-order valence-electron chi connectivity index (χ1n) is 16.9. The second-order valence-electron chi connectivity index (χ2n) is 14.3. The number of aliphatic imine (C=N–C) groups is 1. The first-order valence-corrected chi connectivity index (χ1v) is 16.9. The SMILES string of the molecule is CC(/C=C(/C)[N-]c1c(C)cc(C)cc1C)=Nc1c(C)cc(C)cc1C.CC1(C)OB(OC([O-])=C2c3cccnc3-c3ncccc32)OC1(C)C.[Zn+2]. The van der Waals surface area contributed by atoms with Gasteiger partial charge in [0.1, 0.15) is 0 Å². The van der Waals surface area contributed by atoms with Gasteiger partial charge in [-0.3, -0.25) is 15.0 Å². The maximum atomic E-state index is 12.9. The molecule has 0 unspecified atom stereocenters. The molecular weight excluding hydrogens is 689 g/mol. The molecule has 0 atom stereocenters. The van der Waals surface area contributed by atoms with E-state index in [1.165, 1.54) is 33.4 Å². The maximum absolute atomic E-state index is 12.9. The van der Waals surface area contributed by atoms with Gasteiger partial charge in [0.05, 0.1) is 34.2 Å². The van der Waals surface area contributed by atoms with Gasteiger partial charge in [-0.2, -0.15) is 5.70 Å². The summed E-state index contributed by atoms with van der Waals surface area (Å²) in [6.07, 6.45) is 5.41. The molecule has 1 fully saturated rings. The Balaban J connectivity index is 0.000000224. The molecule has 51 heavy (non-hydrogen) atoms. The number of aromatic nitrogens is 2. The minimum Gasteiger partial charge on any atom is -0.661 e. The summed E-state index contributed by atoms with van der Waals surface area (Å²) in [5, 5.41) is 17.7. The largest absolute Gasteiger partial charge is 2.00 e. The molecule has 10 heteroatoms. The minimum absolute atomic E-state index is 0. The van der Waals surface area contributed by atoms with Crippen LogP contribution in [0.1, 0.15) is 86.1 Å². The Hall–Kier alpha value is -4.10. The molecule has 0 bridgehead atoms. The van der Waals surface area contributed by atoms with E-state index in [2.05, 4.69) is 81.9 Å².